The molecule has 1 rings (SSSR count). The second-order valence-corrected chi connectivity index (χ2v) is 5.31. The van der Waals surface area contributed by atoms with E-state index in [2.05, 4.69) is 9.65 Å². The Balaban J connectivity index is 2.83. The van der Waals surface area contributed by atoms with Crippen LogP contribution in [-0.4, -0.2) is 27.5 Å². The quantitative estimate of drug-likeness (QED) is 0.359. The van der Waals surface area contributed by atoms with E-state index in [0.29, 0.717) is 0 Å². The van der Waals surface area contributed by atoms with Crippen LogP contribution >= 0.6 is 0 Å². The van der Waals surface area contributed by atoms with Gasteiger partial charge in [-0.1, -0.05) is 0 Å². The Kier molecular flexibility index (Phi) is 4.98. The molecule has 0 aliphatic heterocycles. The number of carbonyl (C=O) groups is 1. The zero-order chi connectivity index (χ0) is 13.0. The fourth-order valence-corrected chi connectivity index (χ4v) is 3.15. The van der Waals surface area contributed by atoms with Gasteiger partial charge in [0.1, 0.15) is 0 Å². The standard InChI is InChI=1S/C7H3F4.C3H4O2.Sn/c1-3-6(10)4(8)2-5(9)7(3)11;1-2-3(4)5;/h2H,1H2;2H,1H2,(H,4,5);/q;;+1/p-1. The average Bonchev–Trinajstić information content (AvgIpc) is 2.30. The van der Waals surface area contributed by atoms with Crippen molar-refractivity contribution in [3.63, 3.8) is 0 Å². The molecule has 0 bridgehead atoms. The zero-order valence-corrected chi connectivity index (χ0v) is 11.3. The number of hydrogen-bond acceptors (Lipinski definition) is 2. The molecule has 0 aliphatic rings. The first kappa shape index (κ1) is 14.0. The van der Waals surface area contributed by atoms with E-state index < -0.39 is 56.4 Å². The van der Waals surface area contributed by atoms with Gasteiger partial charge in [0.05, 0.1) is 0 Å². The van der Waals surface area contributed by atoms with Crippen molar-refractivity contribution in [2.24, 2.45) is 0 Å². The number of halogens is 4. The molecule has 0 amide bonds. The van der Waals surface area contributed by atoms with E-state index in [9.17, 15) is 22.4 Å². The molecule has 0 N–H and O–H groups in total. The molecule has 0 saturated carbocycles. The summed E-state index contributed by atoms with van der Waals surface area (Å²) in [7, 11) is 0. The van der Waals surface area contributed by atoms with Crippen LogP contribution in [0.3, 0.4) is 0 Å². The maximum atomic E-state index is 13.1. The number of hydrogen-bond donors (Lipinski definition) is 0. The summed E-state index contributed by atoms with van der Waals surface area (Å²) in [4.78, 5) is 10.7. The van der Waals surface area contributed by atoms with E-state index >= 15 is 0 Å². The van der Waals surface area contributed by atoms with Crippen LogP contribution in [0, 0.1) is 23.3 Å². The summed E-state index contributed by atoms with van der Waals surface area (Å²) in [5, 5.41) is 0. The van der Waals surface area contributed by atoms with Crippen molar-refractivity contribution < 1.29 is 25.4 Å². The predicted molar refractivity (Wildman–Crippen MR) is 52.0 cm³/mol. The van der Waals surface area contributed by atoms with Gasteiger partial charge in [0.2, 0.25) is 0 Å². The third-order valence-electron chi connectivity index (χ3n) is 1.79. The number of carbonyl (C=O) groups excluding carboxylic acids is 1. The summed E-state index contributed by atoms with van der Waals surface area (Å²) >= 11 is -1.93. The molecular weight excluding hydrogens is 347 g/mol. The minimum atomic E-state index is -1.93. The molecule has 17 heavy (non-hydrogen) atoms. The average molecular weight is 353 g/mol. The van der Waals surface area contributed by atoms with Gasteiger partial charge in [-0.2, -0.15) is 0 Å². The Bertz CT molecular complexity index is 436. The molecule has 0 aliphatic carbocycles. The van der Waals surface area contributed by atoms with Crippen molar-refractivity contribution >= 4 is 27.5 Å². The zero-order valence-electron chi connectivity index (χ0n) is 8.40. The summed E-state index contributed by atoms with van der Waals surface area (Å²) < 4.78 is 56.2. The van der Waals surface area contributed by atoms with Crippen molar-refractivity contribution in [3.8, 4) is 0 Å². The van der Waals surface area contributed by atoms with Crippen molar-refractivity contribution in [3.05, 3.63) is 47.6 Å². The van der Waals surface area contributed by atoms with Gasteiger partial charge >= 0.3 is 105 Å². The molecule has 0 saturated heterocycles. The van der Waals surface area contributed by atoms with Crippen LogP contribution in [0.2, 0.25) is 0 Å². The maximum absolute atomic E-state index is 13.1. The summed E-state index contributed by atoms with van der Waals surface area (Å²) in [6, 6.07) is 0.134. The summed E-state index contributed by atoms with van der Waals surface area (Å²) in [6.07, 6.45) is 0.902. The second-order valence-electron chi connectivity index (χ2n) is 2.89. The molecule has 0 spiro atoms. The molecule has 0 aromatic heterocycles. The van der Waals surface area contributed by atoms with Crippen LogP contribution < -0.4 is 0 Å². The molecule has 1 aromatic rings. The monoisotopic (exact) mass is 354 g/mol. The van der Waals surface area contributed by atoms with E-state index in [1.54, 1.807) is 0 Å². The van der Waals surface area contributed by atoms with E-state index in [4.69, 9.17) is 0 Å². The fraction of sp³-hybridized carbons (Fsp3) is 0.100. The molecule has 2 nitrogen and oxygen atoms in total. The van der Waals surface area contributed by atoms with Crippen molar-refractivity contribution in [1.29, 1.82) is 0 Å². The Morgan fingerprint density at radius 2 is 1.82 bits per heavy atom. The first-order chi connectivity index (χ1) is 7.97. The van der Waals surface area contributed by atoms with Gasteiger partial charge in [0.15, 0.2) is 0 Å². The molecular formula is C10H6F4O2Sn. The second kappa shape index (κ2) is 6.04. The SMILES string of the molecule is C=CC(=O)[O][Sn][CH2]c1c(F)c(F)cc(F)c1F. The Morgan fingerprint density at radius 1 is 1.29 bits per heavy atom. The summed E-state index contributed by atoms with van der Waals surface area (Å²) in [5.41, 5.74) is -0.717. The van der Waals surface area contributed by atoms with Crippen molar-refractivity contribution in [2.75, 3.05) is 0 Å². The van der Waals surface area contributed by atoms with Gasteiger partial charge in [-0.3, -0.25) is 0 Å². The van der Waals surface area contributed by atoms with Crippen LogP contribution in [0.1, 0.15) is 5.56 Å². The topological polar surface area (TPSA) is 26.3 Å². The van der Waals surface area contributed by atoms with E-state index in [1.807, 2.05) is 0 Å². The van der Waals surface area contributed by atoms with Crippen molar-refractivity contribution in [2.45, 2.75) is 4.44 Å². The fourth-order valence-electron chi connectivity index (χ4n) is 0.999. The molecule has 0 fully saturated rings. The van der Waals surface area contributed by atoms with Gasteiger partial charge in [-0.05, 0) is 0 Å². The first-order valence-corrected chi connectivity index (χ1v) is 7.53. The molecule has 7 heteroatoms. The van der Waals surface area contributed by atoms with Gasteiger partial charge < -0.3 is 0 Å². The molecule has 0 heterocycles. The third kappa shape index (κ3) is 3.45. The van der Waals surface area contributed by atoms with Crippen LogP contribution in [0.5, 0.6) is 0 Å². The first-order valence-electron chi connectivity index (χ1n) is 4.35. The van der Waals surface area contributed by atoms with Crippen molar-refractivity contribution in [1.82, 2.24) is 0 Å². The molecule has 0 atom stereocenters. The Morgan fingerprint density at radius 3 is 2.29 bits per heavy atom. The van der Waals surface area contributed by atoms with Crippen LogP contribution in [0.15, 0.2) is 18.7 Å². The Hall–Kier alpha value is -1.05. The number of rotatable bonds is 4. The van der Waals surface area contributed by atoms with Gasteiger partial charge in [0, 0.05) is 0 Å². The summed E-state index contributed by atoms with van der Waals surface area (Å²) in [5.74, 6) is -6.53. The number of benzene rings is 1. The molecule has 2 radical (unpaired) electrons. The van der Waals surface area contributed by atoms with Gasteiger partial charge in [-0.15, -0.1) is 0 Å². The molecule has 90 valence electrons. The van der Waals surface area contributed by atoms with Crippen LogP contribution in [0.4, 0.5) is 17.6 Å². The Labute approximate surface area is 105 Å². The van der Waals surface area contributed by atoms with E-state index in [1.165, 1.54) is 0 Å². The van der Waals surface area contributed by atoms with Crippen LogP contribution in [-0.2, 0) is 12.3 Å². The molecule has 0 unspecified atom stereocenters. The van der Waals surface area contributed by atoms with E-state index in [0.717, 1.165) is 6.08 Å². The molecule has 1 aromatic carbocycles. The summed E-state index contributed by atoms with van der Waals surface area (Å²) in [6.45, 7) is 3.13. The normalized spacial score (nSPS) is 10.1. The van der Waals surface area contributed by atoms with E-state index in [-0.39, 0.29) is 10.5 Å². The minimum absolute atomic E-state index is 0.134. The van der Waals surface area contributed by atoms with Gasteiger partial charge in [0.25, 0.3) is 0 Å². The van der Waals surface area contributed by atoms with Gasteiger partial charge in [-0.25, -0.2) is 0 Å². The third-order valence-corrected chi connectivity index (χ3v) is 4.20. The van der Waals surface area contributed by atoms with Crippen LogP contribution in [0.25, 0.3) is 0 Å². The predicted octanol–water partition coefficient (Wildman–Crippen LogP) is 2.09.